The number of aromatic nitrogens is 2. The molecule has 1 fully saturated rings. The highest BCUT2D eigenvalue weighted by Gasteiger charge is 2.28. The molecule has 1 aromatic heterocycles. The minimum absolute atomic E-state index is 0.198. The van der Waals surface area contributed by atoms with E-state index < -0.39 is 0 Å². The summed E-state index contributed by atoms with van der Waals surface area (Å²) in [6.07, 6.45) is 2.92. The molecule has 7 heteroatoms. The molecule has 1 aliphatic rings. The zero-order valence-corrected chi connectivity index (χ0v) is 12.1. The molecule has 0 bridgehead atoms. The highest BCUT2D eigenvalue weighted by atomic mass is 79.9. The number of nitrogen functional groups attached to an aromatic ring is 1. The van der Waals surface area contributed by atoms with E-state index in [0.717, 1.165) is 29.9 Å². The van der Waals surface area contributed by atoms with E-state index >= 15 is 0 Å². The van der Waals surface area contributed by atoms with Crippen LogP contribution in [-0.4, -0.2) is 35.3 Å². The Kier molecular flexibility index (Phi) is 4.36. The van der Waals surface area contributed by atoms with Crippen molar-refractivity contribution in [1.82, 2.24) is 9.97 Å². The van der Waals surface area contributed by atoms with Gasteiger partial charge in [0.2, 0.25) is 5.95 Å². The molecule has 100 valence electrons. The fraction of sp³-hybridized carbons (Fsp3) is 0.636. The first-order valence-corrected chi connectivity index (χ1v) is 6.82. The van der Waals surface area contributed by atoms with E-state index in [4.69, 9.17) is 10.6 Å². The third-order valence-corrected chi connectivity index (χ3v) is 3.63. The monoisotopic (exact) mass is 315 g/mol. The molecule has 0 amide bonds. The zero-order chi connectivity index (χ0) is 13.1. The summed E-state index contributed by atoms with van der Waals surface area (Å²) in [6, 6.07) is 0.332. The molecule has 2 unspecified atom stereocenters. The first kappa shape index (κ1) is 13.5. The first-order valence-electron chi connectivity index (χ1n) is 6.03. The number of morpholine rings is 1. The van der Waals surface area contributed by atoms with Gasteiger partial charge < -0.3 is 9.64 Å². The quantitative estimate of drug-likeness (QED) is 0.650. The van der Waals surface area contributed by atoms with Crippen LogP contribution in [0.4, 0.5) is 11.8 Å². The van der Waals surface area contributed by atoms with Gasteiger partial charge in [-0.3, -0.25) is 5.43 Å². The topological polar surface area (TPSA) is 76.3 Å². The number of hydrogen-bond donors (Lipinski definition) is 2. The summed E-state index contributed by atoms with van der Waals surface area (Å²) >= 11 is 3.50. The lowest BCUT2D eigenvalue weighted by atomic mass is 10.1. The molecule has 1 saturated heterocycles. The van der Waals surface area contributed by atoms with Gasteiger partial charge >= 0.3 is 0 Å². The van der Waals surface area contributed by atoms with Gasteiger partial charge in [0.15, 0.2) is 0 Å². The number of anilines is 2. The van der Waals surface area contributed by atoms with Crippen LogP contribution in [0.5, 0.6) is 0 Å². The van der Waals surface area contributed by atoms with Crippen molar-refractivity contribution in [3.63, 3.8) is 0 Å². The lowest BCUT2D eigenvalue weighted by Crippen LogP contribution is -2.49. The van der Waals surface area contributed by atoms with Crippen molar-refractivity contribution in [3.05, 3.63) is 10.7 Å². The smallest absolute Gasteiger partial charge is 0.239 e. The lowest BCUT2D eigenvalue weighted by Gasteiger charge is -2.39. The fourth-order valence-electron chi connectivity index (χ4n) is 2.07. The van der Waals surface area contributed by atoms with E-state index in [1.807, 2.05) is 0 Å². The molecule has 18 heavy (non-hydrogen) atoms. The number of nitrogens with one attached hydrogen (secondary N) is 1. The van der Waals surface area contributed by atoms with Gasteiger partial charge in [0.1, 0.15) is 5.82 Å². The zero-order valence-electron chi connectivity index (χ0n) is 10.6. The van der Waals surface area contributed by atoms with Crippen LogP contribution in [0.15, 0.2) is 10.7 Å². The maximum atomic E-state index is 5.69. The SMILES string of the molecule is CCC1COC(C)CN1c1nc(NN)ncc1Br. The Morgan fingerprint density at radius 3 is 3.11 bits per heavy atom. The van der Waals surface area contributed by atoms with Crippen molar-refractivity contribution in [3.8, 4) is 0 Å². The summed E-state index contributed by atoms with van der Waals surface area (Å²) in [5, 5.41) is 0. The van der Waals surface area contributed by atoms with Crippen molar-refractivity contribution < 1.29 is 4.74 Å². The molecular weight excluding hydrogens is 298 g/mol. The van der Waals surface area contributed by atoms with E-state index in [0.29, 0.717) is 12.0 Å². The van der Waals surface area contributed by atoms with Crippen LogP contribution in [0.25, 0.3) is 0 Å². The van der Waals surface area contributed by atoms with E-state index in [1.54, 1.807) is 6.20 Å². The van der Waals surface area contributed by atoms with Gasteiger partial charge in [-0.15, -0.1) is 0 Å². The predicted octanol–water partition coefficient (Wildman–Crippen LogP) is 1.53. The van der Waals surface area contributed by atoms with Crippen LogP contribution >= 0.6 is 15.9 Å². The Morgan fingerprint density at radius 1 is 1.67 bits per heavy atom. The fourth-order valence-corrected chi connectivity index (χ4v) is 2.49. The lowest BCUT2D eigenvalue weighted by molar-refractivity contribution is 0.0295. The normalized spacial score (nSPS) is 24.1. The molecule has 0 saturated carbocycles. The van der Waals surface area contributed by atoms with Crippen LogP contribution in [-0.2, 0) is 4.74 Å². The van der Waals surface area contributed by atoms with Gasteiger partial charge in [0, 0.05) is 12.7 Å². The van der Waals surface area contributed by atoms with Crippen molar-refractivity contribution in [1.29, 1.82) is 0 Å². The maximum Gasteiger partial charge on any atom is 0.239 e. The molecule has 2 rings (SSSR count). The summed E-state index contributed by atoms with van der Waals surface area (Å²) in [5.41, 5.74) is 2.48. The van der Waals surface area contributed by atoms with Crippen molar-refractivity contribution in [2.24, 2.45) is 5.84 Å². The largest absolute Gasteiger partial charge is 0.375 e. The Labute approximate surface area is 115 Å². The Hall–Kier alpha value is -0.920. The molecular formula is C11H18BrN5O. The second kappa shape index (κ2) is 5.81. The van der Waals surface area contributed by atoms with E-state index in [2.05, 4.69) is 50.1 Å². The number of ether oxygens (including phenoxy) is 1. The first-order chi connectivity index (χ1) is 8.65. The van der Waals surface area contributed by atoms with Gasteiger partial charge in [0.25, 0.3) is 0 Å². The molecule has 1 aliphatic heterocycles. The number of hydrazine groups is 1. The molecule has 2 atom stereocenters. The van der Waals surface area contributed by atoms with E-state index in [1.165, 1.54) is 0 Å². The van der Waals surface area contributed by atoms with Gasteiger partial charge in [-0.1, -0.05) is 6.92 Å². The number of hydrogen-bond acceptors (Lipinski definition) is 6. The summed E-state index contributed by atoms with van der Waals surface area (Å²) in [5.74, 6) is 6.64. The van der Waals surface area contributed by atoms with Crippen molar-refractivity contribution in [2.75, 3.05) is 23.5 Å². The van der Waals surface area contributed by atoms with Crippen LogP contribution in [0.1, 0.15) is 20.3 Å². The number of nitrogens with zero attached hydrogens (tertiary/aromatic N) is 3. The minimum atomic E-state index is 0.198. The molecule has 6 nitrogen and oxygen atoms in total. The molecule has 0 spiro atoms. The average Bonchev–Trinajstić information content (AvgIpc) is 2.39. The molecule has 0 aromatic carbocycles. The molecule has 0 radical (unpaired) electrons. The van der Waals surface area contributed by atoms with Gasteiger partial charge in [-0.25, -0.2) is 10.8 Å². The highest BCUT2D eigenvalue weighted by molar-refractivity contribution is 9.10. The summed E-state index contributed by atoms with van der Waals surface area (Å²) in [4.78, 5) is 10.7. The van der Waals surface area contributed by atoms with Gasteiger partial charge in [0.05, 0.1) is 23.2 Å². The Bertz CT molecular complexity index is 416. The Balaban J connectivity index is 2.32. The third-order valence-electron chi connectivity index (χ3n) is 3.07. The van der Waals surface area contributed by atoms with Gasteiger partial charge in [-0.2, -0.15) is 4.98 Å². The van der Waals surface area contributed by atoms with Gasteiger partial charge in [-0.05, 0) is 29.3 Å². The van der Waals surface area contributed by atoms with E-state index in [9.17, 15) is 0 Å². The highest BCUT2D eigenvalue weighted by Crippen LogP contribution is 2.29. The average molecular weight is 316 g/mol. The Morgan fingerprint density at radius 2 is 2.44 bits per heavy atom. The molecule has 0 aliphatic carbocycles. The predicted molar refractivity (Wildman–Crippen MR) is 74.4 cm³/mol. The van der Waals surface area contributed by atoms with Crippen LogP contribution < -0.4 is 16.2 Å². The summed E-state index contributed by atoms with van der Waals surface area (Å²) in [7, 11) is 0. The maximum absolute atomic E-state index is 5.69. The van der Waals surface area contributed by atoms with Crippen molar-refractivity contribution in [2.45, 2.75) is 32.4 Å². The van der Waals surface area contributed by atoms with Crippen LogP contribution in [0, 0.1) is 0 Å². The minimum Gasteiger partial charge on any atom is -0.375 e. The third kappa shape index (κ3) is 2.73. The van der Waals surface area contributed by atoms with E-state index in [-0.39, 0.29) is 6.10 Å². The molecule has 3 N–H and O–H groups in total. The summed E-state index contributed by atoms with van der Waals surface area (Å²) < 4.78 is 6.56. The molecule has 1 aromatic rings. The number of nitrogens with two attached hydrogens (primary N) is 1. The van der Waals surface area contributed by atoms with Crippen LogP contribution in [0.3, 0.4) is 0 Å². The molecule has 2 heterocycles. The second-order valence-corrected chi connectivity index (χ2v) is 5.22. The summed E-state index contributed by atoms with van der Waals surface area (Å²) in [6.45, 7) is 5.75. The van der Waals surface area contributed by atoms with Crippen LogP contribution in [0.2, 0.25) is 0 Å². The standard InChI is InChI=1S/C11H18BrN5O/c1-3-8-6-18-7(2)5-17(8)10-9(12)4-14-11(15-10)16-13/h4,7-8H,3,5-6,13H2,1-2H3,(H,14,15,16). The number of halogens is 1. The number of rotatable bonds is 3. The second-order valence-electron chi connectivity index (χ2n) is 4.37. The van der Waals surface area contributed by atoms with Crippen molar-refractivity contribution >= 4 is 27.7 Å².